The second-order valence-corrected chi connectivity index (χ2v) is 13.4. The minimum Gasteiger partial charge on any atom is -0.494 e. The highest BCUT2D eigenvalue weighted by atomic mass is 16.5. The van der Waals surface area contributed by atoms with E-state index in [-0.39, 0.29) is 5.97 Å². The predicted octanol–water partition coefficient (Wildman–Crippen LogP) is 9.98. The first-order chi connectivity index (χ1) is 28.8. The minimum atomic E-state index is -0.517. The lowest BCUT2D eigenvalue weighted by Crippen LogP contribution is -2.05. The molecule has 0 amide bonds. The second kappa shape index (κ2) is 29.2. The van der Waals surface area contributed by atoms with Gasteiger partial charge in [0.2, 0.25) is 0 Å². The molecule has 0 bridgehead atoms. The summed E-state index contributed by atoms with van der Waals surface area (Å²) in [6.07, 6.45) is 17.0. The van der Waals surface area contributed by atoms with Crippen molar-refractivity contribution in [2.45, 2.75) is 77.0 Å². The Morgan fingerprint density at radius 2 is 0.831 bits per heavy atom. The number of carbonyl (C=O) groups is 4. The molecule has 0 heterocycles. The Morgan fingerprint density at radius 1 is 0.424 bits per heavy atom. The molecule has 0 unspecified atom stereocenters. The van der Waals surface area contributed by atoms with Crippen molar-refractivity contribution >= 4 is 30.0 Å². The molecule has 0 saturated heterocycles. The molecule has 0 spiro atoms. The third kappa shape index (κ3) is 20.8. The molecule has 0 atom stereocenters. The summed E-state index contributed by atoms with van der Waals surface area (Å²) >= 11 is 0. The van der Waals surface area contributed by atoms with Crippen molar-refractivity contribution in [3.05, 3.63) is 116 Å². The summed E-state index contributed by atoms with van der Waals surface area (Å²) in [6.45, 7) is 12.9. The van der Waals surface area contributed by atoms with Gasteiger partial charge in [-0.15, -0.1) is 0 Å². The van der Waals surface area contributed by atoms with E-state index >= 15 is 0 Å². The van der Waals surface area contributed by atoms with Crippen LogP contribution in [-0.4, -0.2) is 63.5 Å². The van der Waals surface area contributed by atoms with Gasteiger partial charge in [0, 0.05) is 24.3 Å². The molecule has 3 aromatic rings. The molecule has 0 saturated carbocycles. The van der Waals surface area contributed by atoms with E-state index in [1.807, 2.05) is 54.6 Å². The molecule has 0 radical (unpaired) electrons. The van der Waals surface area contributed by atoms with Crippen LogP contribution in [0.3, 0.4) is 0 Å². The molecule has 3 aromatic carbocycles. The topological polar surface area (TPSA) is 133 Å². The van der Waals surface area contributed by atoms with Gasteiger partial charge in [-0.05, 0) is 136 Å². The average molecular weight is 811 g/mol. The van der Waals surface area contributed by atoms with E-state index in [0.29, 0.717) is 56.9 Å². The third-order valence-electron chi connectivity index (χ3n) is 8.77. The average Bonchev–Trinajstić information content (AvgIpc) is 3.26. The molecular weight excluding hydrogens is 753 g/mol. The van der Waals surface area contributed by atoms with Crippen LogP contribution in [-0.2, 0) is 33.4 Å². The zero-order valence-corrected chi connectivity index (χ0v) is 34.1. The van der Waals surface area contributed by atoms with Crippen molar-refractivity contribution in [3.63, 3.8) is 0 Å². The molecule has 0 aliphatic rings. The van der Waals surface area contributed by atoms with E-state index in [1.54, 1.807) is 18.2 Å². The molecule has 0 fully saturated rings. The number of ether oxygens (including phenoxy) is 7. The first-order valence-electron chi connectivity index (χ1n) is 20.3. The van der Waals surface area contributed by atoms with Crippen LogP contribution >= 0.6 is 0 Å². The summed E-state index contributed by atoms with van der Waals surface area (Å²) in [5.41, 5.74) is 2.72. The van der Waals surface area contributed by atoms with Crippen molar-refractivity contribution in [3.8, 4) is 34.1 Å². The fourth-order valence-electron chi connectivity index (χ4n) is 5.56. The summed E-state index contributed by atoms with van der Waals surface area (Å²) < 4.78 is 38.7. The summed E-state index contributed by atoms with van der Waals surface area (Å²) in [5.74, 6) is 0.659. The Labute approximate surface area is 348 Å². The van der Waals surface area contributed by atoms with Crippen LogP contribution in [0.25, 0.3) is 17.2 Å². The van der Waals surface area contributed by atoms with E-state index in [0.717, 1.165) is 112 Å². The van der Waals surface area contributed by atoms with Crippen molar-refractivity contribution in [2.75, 3.05) is 39.6 Å². The molecule has 59 heavy (non-hydrogen) atoms. The van der Waals surface area contributed by atoms with Crippen LogP contribution in [0.1, 0.15) is 82.6 Å². The van der Waals surface area contributed by atoms with Crippen LogP contribution in [0, 0.1) is 0 Å². The third-order valence-corrected chi connectivity index (χ3v) is 8.77. The zero-order valence-electron chi connectivity index (χ0n) is 34.1. The van der Waals surface area contributed by atoms with Gasteiger partial charge in [-0.25, -0.2) is 19.2 Å². The fourth-order valence-corrected chi connectivity index (χ4v) is 5.56. The number of benzene rings is 3. The first-order valence-corrected chi connectivity index (χ1v) is 20.3. The zero-order chi connectivity index (χ0) is 42.3. The fraction of sp³-hybridized carbons (Fsp3) is 0.375. The monoisotopic (exact) mass is 810 g/mol. The lowest BCUT2D eigenvalue weighted by molar-refractivity contribution is -0.138. The van der Waals surface area contributed by atoms with Gasteiger partial charge in [-0.1, -0.05) is 50.1 Å². The van der Waals surface area contributed by atoms with Crippen molar-refractivity contribution < 1.29 is 52.3 Å². The van der Waals surface area contributed by atoms with Crippen LogP contribution in [0.5, 0.6) is 23.0 Å². The standard InChI is InChI=1S/C48H58O11/c1-4-45(49)56-34-16-10-7-13-31-53-41-25-21-39(22-26-41)40-23-27-42(28-24-40)59-48(52)30-20-38-19-29-43(54-32-14-8-11-17-35-57-46(50)5-2)44(37-38)55-33-15-9-12-18-36-58-47(51)6-3/h4-6,19-30,37H,1-3,7-18,31-36H2. The molecule has 3 rings (SSSR count). The molecule has 0 aromatic heterocycles. The van der Waals surface area contributed by atoms with E-state index in [9.17, 15) is 19.2 Å². The van der Waals surface area contributed by atoms with Crippen molar-refractivity contribution in [1.82, 2.24) is 0 Å². The highest BCUT2D eigenvalue weighted by Gasteiger charge is 2.09. The number of esters is 4. The van der Waals surface area contributed by atoms with Gasteiger partial charge in [-0.2, -0.15) is 0 Å². The summed E-state index contributed by atoms with van der Waals surface area (Å²) in [5, 5.41) is 0. The van der Waals surface area contributed by atoms with Crippen molar-refractivity contribution in [2.24, 2.45) is 0 Å². The van der Waals surface area contributed by atoms with Crippen LogP contribution in [0.4, 0.5) is 0 Å². The lowest BCUT2D eigenvalue weighted by atomic mass is 10.1. The maximum atomic E-state index is 12.8. The van der Waals surface area contributed by atoms with E-state index in [1.165, 1.54) is 12.2 Å². The number of unbranched alkanes of at least 4 members (excludes halogenated alkanes) is 9. The maximum absolute atomic E-state index is 12.8. The van der Waals surface area contributed by atoms with E-state index in [4.69, 9.17) is 33.2 Å². The summed E-state index contributed by atoms with van der Waals surface area (Å²) in [4.78, 5) is 46.2. The van der Waals surface area contributed by atoms with Crippen LogP contribution in [0.15, 0.2) is 111 Å². The van der Waals surface area contributed by atoms with E-state index in [2.05, 4.69) is 19.7 Å². The summed E-state index contributed by atoms with van der Waals surface area (Å²) in [6, 6.07) is 20.7. The number of carbonyl (C=O) groups excluding carboxylic acids is 4. The number of rotatable bonds is 31. The Balaban J connectivity index is 1.46. The Kier molecular flexibility index (Phi) is 23.4. The molecule has 0 aliphatic carbocycles. The highest BCUT2D eigenvalue weighted by molar-refractivity contribution is 5.89. The van der Waals surface area contributed by atoms with Gasteiger partial charge in [0.05, 0.1) is 39.6 Å². The van der Waals surface area contributed by atoms with Gasteiger partial charge in [0.1, 0.15) is 11.5 Å². The van der Waals surface area contributed by atoms with Crippen molar-refractivity contribution in [1.29, 1.82) is 0 Å². The van der Waals surface area contributed by atoms with Gasteiger partial charge in [-0.3, -0.25) is 0 Å². The Hall–Kier alpha value is -6.10. The Bertz CT molecular complexity index is 1780. The highest BCUT2D eigenvalue weighted by Crippen LogP contribution is 2.30. The SMILES string of the molecule is C=CC(=O)OCCCCCCOc1ccc(-c2ccc(OC(=O)C=Cc3ccc(OCCCCCCOC(=O)C=C)c(OCCCCCCOC(=O)C=C)c3)cc2)cc1. The van der Waals surface area contributed by atoms with Crippen LogP contribution in [0.2, 0.25) is 0 Å². The quantitative estimate of drug-likeness (QED) is 0.0202. The second-order valence-electron chi connectivity index (χ2n) is 13.4. The molecule has 11 nitrogen and oxygen atoms in total. The van der Waals surface area contributed by atoms with Gasteiger partial charge < -0.3 is 33.2 Å². The van der Waals surface area contributed by atoms with Gasteiger partial charge in [0.25, 0.3) is 0 Å². The largest absolute Gasteiger partial charge is 0.494 e. The molecule has 0 aliphatic heterocycles. The van der Waals surface area contributed by atoms with Gasteiger partial charge in [0.15, 0.2) is 11.5 Å². The first kappa shape index (κ1) is 47.3. The smallest absolute Gasteiger partial charge is 0.336 e. The van der Waals surface area contributed by atoms with Gasteiger partial charge >= 0.3 is 23.9 Å². The van der Waals surface area contributed by atoms with Crippen LogP contribution < -0.4 is 18.9 Å². The van der Waals surface area contributed by atoms with E-state index < -0.39 is 17.9 Å². The minimum absolute atomic E-state index is 0.362. The molecular formula is C48H58O11. The normalized spacial score (nSPS) is 10.6. The molecule has 0 N–H and O–H groups in total. The molecule has 11 heteroatoms. The lowest BCUT2D eigenvalue weighted by Gasteiger charge is -2.14. The number of hydrogen-bond donors (Lipinski definition) is 0. The summed E-state index contributed by atoms with van der Waals surface area (Å²) in [7, 11) is 0. The molecule has 316 valence electrons. The Morgan fingerprint density at radius 3 is 1.29 bits per heavy atom. The number of hydrogen-bond acceptors (Lipinski definition) is 11. The predicted molar refractivity (Wildman–Crippen MR) is 228 cm³/mol. The maximum Gasteiger partial charge on any atom is 0.336 e.